The van der Waals surface area contributed by atoms with Gasteiger partial charge in [-0.2, -0.15) is 9.78 Å². The van der Waals surface area contributed by atoms with Crippen molar-refractivity contribution in [2.45, 2.75) is 13.2 Å². The van der Waals surface area contributed by atoms with Gasteiger partial charge < -0.3 is 15.2 Å². The van der Waals surface area contributed by atoms with Crippen LogP contribution in [0.5, 0.6) is 5.75 Å². The smallest absolute Gasteiger partial charge is 0.292 e. The van der Waals surface area contributed by atoms with Gasteiger partial charge in [0, 0.05) is 25.2 Å². The number of hydrogen-bond donors (Lipinski definition) is 2. The van der Waals surface area contributed by atoms with Crippen LogP contribution < -0.4 is 15.9 Å². The first kappa shape index (κ1) is 25.0. The average Bonchev–Trinajstić information content (AvgIpc) is 3.55. The number of anilines is 1. The van der Waals surface area contributed by atoms with Gasteiger partial charge in [-0.25, -0.2) is 14.4 Å². The molecule has 1 amide bonds. The predicted molar refractivity (Wildman–Crippen MR) is 132 cm³/mol. The van der Waals surface area contributed by atoms with Gasteiger partial charge >= 0.3 is 0 Å². The zero-order valence-electron chi connectivity index (χ0n) is 20.2. The van der Waals surface area contributed by atoms with Gasteiger partial charge in [0.05, 0.1) is 19.4 Å². The van der Waals surface area contributed by atoms with Crippen LogP contribution in [-0.2, 0) is 17.9 Å². The average molecular weight is 522 g/mol. The number of nitrogens with zero attached hydrogens (tertiary/aromatic N) is 7. The van der Waals surface area contributed by atoms with Crippen molar-refractivity contribution >= 4 is 17.9 Å². The number of aromatic nitrogens is 5. The number of hydrazone groups is 1. The quantitative estimate of drug-likeness (QED) is 0.244. The third kappa shape index (κ3) is 5.82. The highest BCUT2D eigenvalue weighted by atomic mass is 19.1. The minimum Gasteiger partial charge on any atom is -0.489 e. The number of morpholine rings is 1. The van der Waals surface area contributed by atoms with Gasteiger partial charge in [0.2, 0.25) is 11.6 Å². The molecule has 0 saturated carbocycles. The second kappa shape index (κ2) is 11.6. The molecule has 2 aromatic carbocycles. The number of halogens is 1. The summed E-state index contributed by atoms with van der Waals surface area (Å²) in [6.45, 7) is 3.05. The fourth-order valence-corrected chi connectivity index (χ4v) is 3.75. The topological polar surface area (TPSA) is 159 Å². The Morgan fingerprint density at radius 3 is 2.68 bits per heavy atom. The van der Waals surface area contributed by atoms with E-state index in [1.807, 2.05) is 0 Å². The third-order valence-corrected chi connectivity index (χ3v) is 5.74. The van der Waals surface area contributed by atoms with E-state index in [0.717, 1.165) is 0 Å². The first-order chi connectivity index (χ1) is 18.6. The van der Waals surface area contributed by atoms with Gasteiger partial charge in [-0.15, -0.1) is 5.10 Å². The molecular formula is C24H24FN9O4. The lowest BCUT2D eigenvalue weighted by atomic mass is 10.2. The van der Waals surface area contributed by atoms with E-state index in [0.29, 0.717) is 55.4 Å². The maximum absolute atomic E-state index is 13.8. The minimum absolute atomic E-state index is 0.0392. The van der Waals surface area contributed by atoms with Gasteiger partial charge in [-0.3, -0.25) is 9.69 Å². The van der Waals surface area contributed by atoms with Crippen molar-refractivity contribution in [1.29, 1.82) is 0 Å². The molecule has 38 heavy (non-hydrogen) atoms. The van der Waals surface area contributed by atoms with Crippen LogP contribution in [0.25, 0.3) is 5.82 Å². The normalized spacial score (nSPS) is 14.1. The van der Waals surface area contributed by atoms with E-state index in [-0.39, 0.29) is 29.8 Å². The first-order valence-corrected chi connectivity index (χ1v) is 11.7. The van der Waals surface area contributed by atoms with Crippen molar-refractivity contribution in [3.63, 3.8) is 0 Å². The largest absolute Gasteiger partial charge is 0.489 e. The number of nitrogen functional groups attached to an aromatic ring is 1. The number of ether oxygens (including phenoxy) is 2. The fraction of sp³-hybridized carbons (Fsp3) is 0.250. The number of carbonyl (C=O) groups is 1. The molecule has 0 bridgehead atoms. The predicted octanol–water partition coefficient (Wildman–Crippen LogP) is 1.55. The van der Waals surface area contributed by atoms with Gasteiger partial charge in [0.25, 0.3) is 5.91 Å². The molecule has 1 aliphatic rings. The summed E-state index contributed by atoms with van der Waals surface area (Å²) in [5.74, 6) is -0.314. The number of benzene rings is 2. The molecule has 0 atom stereocenters. The van der Waals surface area contributed by atoms with Crippen LogP contribution in [0.3, 0.4) is 0 Å². The number of carbonyl (C=O) groups excluding carboxylic acids is 1. The summed E-state index contributed by atoms with van der Waals surface area (Å²) in [5.41, 5.74) is 9.99. The Balaban J connectivity index is 1.26. The highest BCUT2D eigenvalue weighted by Gasteiger charge is 2.26. The Morgan fingerprint density at radius 2 is 1.95 bits per heavy atom. The molecule has 0 spiro atoms. The standard InChI is InChI=1S/C24H24FN9O4/c25-19-4-2-1-3-17(19)15-37-18-7-5-16(6-8-18)13-27-29-24(35)21-20(14-33-9-11-36-12-10-33)28-32-34(21)23-22(26)30-38-31-23/h1-8,13H,9-12,14-15H2,(H2,26,30)(H,29,35)/b27-13+. The molecule has 3 heterocycles. The maximum Gasteiger partial charge on any atom is 0.292 e. The molecule has 3 N–H and O–H groups in total. The van der Waals surface area contributed by atoms with Crippen molar-refractivity contribution in [1.82, 2.24) is 35.6 Å². The Labute approximate surface area is 216 Å². The Kier molecular flexibility index (Phi) is 7.61. The number of hydrogen-bond acceptors (Lipinski definition) is 11. The van der Waals surface area contributed by atoms with E-state index >= 15 is 0 Å². The lowest BCUT2D eigenvalue weighted by molar-refractivity contribution is 0.0335. The van der Waals surface area contributed by atoms with Crippen molar-refractivity contribution in [2.75, 3.05) is 32.0 Å². The lowest BCUT2D eigenvalue weighted by Gasteiger charge is -2.25. The van der Waals surface area contributed by atoms with Crippen LogP contribution >= 0.6 is 0 Å². The number of nitrogens with one attached hydrogen (secondary N) is 1. The molecule has 13 nitrogen and oxygen atoms in total. The SMILES string of the molecule is Nc1nonc1-n1nnc(CN2CCOCC2)c1C(=O)N/N=C/c1ccc(OCc2ccccc2F)cc1. The molecule has 196 valence electrons. The Bertz CT molecular complexity index is 1410. The van der Waals surface area contributed by atoms with Gasteiger partial charge in [-0.05, 0) is 46.2 Å². The number of amides is 1. The summed E-state index contributed by atoms with van der Waals surface area (Å²) in [6, 6.07) is 13.4. The summed E-state index contributed by atoms with van der Waals surface area (Å²) in [6.07, 6.45) is 1.47. The van der Waals surface area contributed by atoms with Crippen LogP contribution in [0.15, 0.2) is 58.3 Å². The van der Waals surface area contributed by atoms with Gasteiger partial charge in [0.15, 0.2) is 5.69 Å². The van der Waals surface area contributed by atoms with E-state index in [9.17, 15) is 9.18 Å². The zero-order chi connectivity index (χ0) is 26.3. The van der Waals surface area contributed by atoms with Crippen LogP contribution in [0, 0.1) is 5.82 Å². The maximum atomic E-state index is 13.8. The molecule has 2 aromatic heterocycles. The van der Waals surface area contributed by atoms with Crippen molar-refractivity contribution in [3.05, 3.63) is 76.9 Å². The van der Waals surface area contributed by atoms with Crippen LogP contribution in [0.1, 0.15) is 27.3 Å². The monoisotopic (exact) mass is 521 g/mol. The summed E-state index contributed by atoms with van der Waals surface area (Å²) in [4.78, 5) is 15.2. The van der Waals surface area contributed by atoms with Crippen LogP contribution in [0.2, 0.25) is 0 Å². The Morgan fingerprint density at radius 1 is 1.16 bits per heavy atom. The first-order valence-electron chi connectivity index (χ1n) is 11.7. The molecule has 1 fully saturated rings. The molecule has 1 saturated heterocycles. The van der Waals surface area contributed by atoms with Crippen molar-refractivity contribution < 1.29 is 23.3 Å². The van der Waals surface area contributed by atoms with E-state index in [1.54, 1.807) is 42.5 Å². The van der Waals surface area contributed by atoms with E-state index in [4.69, 9.17) is 15.2 Å². The molecule has 0 radical (unpaired) electrons. The van der Waals surface area contributed by atoms with Crippen molar-refractivity contribution in [3.8, 4) is 11.6 Å². The molecule has 0 aliphatic carbocycles. The summed E-state index contributed by atoms with van der Waals surface area (Å²) in [5, 5.41) is 19.5. The molecule has 5 rings (SSSR count). The van der Waals surface area contributed by atoms with Crippen LogP contribution in [0.4, 0.5) is 10.2 Å². The second-order valence-corrected chi connectivity index (χ2v) is 8.31. The minimum atomic E-state index is -0.568. The Hall–Kier alpha value is -4.69. The molecule has 1 aliphatic heterocycles. The number of rotatable bonds is 9. The highest BCUT2D eigenvalue weighted by molar-refractivity contribution is 5.95. The fourth-order valence-electron chi connectivity index (χ4n) is 3.75. The van der Waals surface area contributed by atoms with E-state index in [1.165, 1.54) is 17.0 Å². The van der Waals surface area contributed by atoms with Gasteiger partial charge in [-0.1, -0.05) is 23.4 Å². The third-order valence-electron chi connectivity index (χ3n) is 5.74. The number of nitrogens with two attached hydrogens (primary N) is 1. The summed E-state index contributed by atoms with van der Waals surface area (Å²) < 4.78 is 30.6. The summed E-state index contributed by atoms with van der Waals surface area (Å²) in [7, 11) is 0. The summed E-state index contributed by atoms with van der Waals surface area (Å²) >= 11 is 0. The van der Waals surface area contributed by atoms with Crippen LogP contribution in [-0.4, -0.2) is 68.6 Å². The zero-order valence-corrected chi connectivity index (χ0v) is 20.2. The molecular weight excluding hydrogens is 497 g/mol. The second-order valence-electron chi connectivity index (χ2n) is 8.31. The molecule has 14 heteroatoms. The lowest BCUT2D eigenvalue weighted by Crippen LogP contribution is -2.36. The molecule has 4 aromatic rings. The van der Waals surface area contributed by atoms with Crippen molar-refractivity contribution in [2.24, 2.45) is 5.10 Å². The molecule has 0 unspecified atom stereocenters. The van der Waals surface area contributed by atoms with E-state index < -0.39 is 5.91 Å². The van der Waals surface area contributed by atoms with Gasteiger partial charge in [0.1, 0.15) is 23.9 Å². The van der Waals surface area contributed by atoms with E-state index in [2.05, 4.69) is 40.7 Å². The highest BCUT2D eigenvalue weighted by Crippen LogP contribution is 2.18.